The standard InChI is InChI=1S/C18H23FN4O2S/c1-12(2)23-15(21-22-17(23)26)11-20-16(24)18(6-8-25-9-7-18)13-4-3-5-14(19)10-13/h3-5,10,12H,6-9,11H2,1-2H3,(H,20,24)(H,22,26). The lowest BCUT2D eigenvalue weighted by molar-refractivity contribution is -0.130. The van der Waals surface area contributed by atoms with Gasteiger partial charge in [0.05, 0.1) is 12.0 Å². The number of ether oxygens (including phenoxy) is 1. The van der Waals surface area contributed by atoms with Crippen LogP contribution in [0.5, 0.6) is 0 Å². The zero-order valence-corrected chi connectivity index (χ0v) is 15.7. The third kappa shape index (κ3) is 3.57. The molecule has 1 fully saturated rings. The maximum atomic E-state index is 13.8. The van der Waals surface area contributed by atoms with Gasteiger partial charge in [0.15, 0.2) is 10.6 Å². The van der Waals surface area contributed by atoms with E-state index in [1.54, 1.807) is 12.1 Å². The average molecular weight is 378 g/mol. The van der Waals surface area contributed by atoms with Gasteiger partial charge in [0, 0.05) is 19.3 Å². The van der Waals surface area contributed by atoms with E-state index in [1.165, 1.54) is 12.1 Å². The van der Waals surface area contributed by atoms with Crippen LogP contribution in [0.2, 0.25) is 0 Å². The summed E-state index contributed by atoms with van der Waals surface area (Å²) in [4.78, 5) is 13.1. The molecule has 1 aliphatic rings. The molecule has 1 amide bonds. The van der Waals surface area contributed by atoms with E-state index in [2.05, 4.69) is 15.5 Å². The number of H-pyrrole nitrogens is 1. The third-order valence-electron chi connectivity index (χ3n) is 4.86. The van der Waals surface area contributed by atoms with E-state index < -0.39 is 5.41 Å². The van der Waals surface area contributed by atoms with Crippen molar-refractivity contribution in [1.29, 1.82) is 0 Å². The Morgan fingerprint density at radius 3 is 2.85 bits per heavy atom. The second-order valence-electron chi connectivity index (χ2n) is 6.80. The number of carbonyl (C=O) groups excluding carboxylic acids is 1. The van der Waals surface area contributed by atoms with Crippen LogP contribution in [0.1, 0.15) is 44.1 Å². The molecule has 2 aromatic rings. The van der Waals surface area contributed by atoms with Gasteiger partial charge in [0.2, 0.25) is 5.91 Å². The number of nitrogens with zero attached hydrogens (tertiary/aromatic N) is 2. The normalized spacial score (nSPS) is 16.6. The summed E-state index contributed by atoms with van der Waals surface area (Å²) in [5, 5.41) is 9.94. The van der Waals surface area contributed by atoms with Crippen LogP contribution in [0.25, 0.3) is 0 Å². The fourth-order valence-electron chi connectivity index (χ4n) is 3.48. The second kappa shape index (κ2) is 7.67. The predicted molar refractivity (Wildman–Crippen MR) is 97.8 cm³/mol. The van der Waals surface area contributed by atoms with Gasteiger partial charge in [-0.1, -0.05) is 12.1 Å². The van der Waals surface area contributed by atoms with E-state index in [-0.39, 0.29) is 24.3 Å². The monoisotopic (exact) mass is 378 g/mol. The van der Waals surface area contributed by atoms with Gasteiger partial charge in [-0.05, 0) is 56.6 Å². The summed E-state index contributed by atoms with van der Waals surface area (Å²) in [6.07, 6.45) is 1.03. The van der Waals surface area contributed by atoms with Crippen LogP contribution in [0.4, 0.5) is 4.39 Å². The molecule has 0 bridgehead atoms. The minimum Gasteiger partial charge on any atom is -0.381 e. The van der Waals surface area contributed by atoms with Gasteiger partial charge in [-0.3, -0.25) is 9.89 Å². The molecular weight excluding hydrogens is 355 g/mol. The summed E-state index contributed by atoms with van der Waals surface area (Å²) in [6.45, 7) is 5.19. The zero-order valence-electron chi connectivity index (χ0n) is 14.9. The lowest BCUT2D eigenvalue weighted by Crippen LogP contribution is -2.48. The molecule has 0 saturated carbocycles. The highest BCUT2D eigenvalue weighted by molar-refractivity contribution is 7.71. The van der Waals surface area contributed by atoms with E-state index in [9.17, 15) is 9.18 Å². The van der Waals surface area contributed by atoms with Crippen LogP contribution in [0, 0.1) is 10.6 Å². The lowest BCUT2D eigenvalue weighted by atomic mass is 9.73. The van der Waals surface area contributed by atoms with Gasteiger partial charge in [-0.15, -0.1) is 0 Å². The van der Waals surface area contributed by atoms with E-state index in [1.807, 2.05) is 18.4 Å². The first-order valence-electron chi connectivity index (χ1n) is 8.72. The van der Waals surface area contributed by atoms with Crippen molar-refractivity contribution >= 4 is 18.1 Å². The number of rotatable bonds is 5. The van der Waals surface area contributed by atoms with Crippen molar-refractivity contribution in [3.8, 4) is 0 Å². The Bertz CT molecular complexity index is 840. The van der Waals surface area contributed by atoms with Gasteiger partial charge in [-0.2, -0.15) is 5.10 Å². The number of hydrogen-bond acceptors (Lipinski definition) is 4. The first-order chi connectivity index (χ1) is 12.4. The van der Waals surface area contributed by atoms with Crippen molar-refractivity contribution in [2.45, 2.75) is 44.7 Å². The molecule has 1 aromatic carbocycles. The number of aromatic amines is 1. The van der Waals surface area contributed by atoms with Crippen molar-refractivity contribution in [2.24, 2.45) is 0 Å². The molecule has 0 unspecified atom stereocenters. The summed E-state index contributed by atoms with van der Waals surface area (Å²) < 4.78 is 21.6. The maximum Gasteiger partial charge on any atom is 0.231 e. The fraction of sp³-hybridized carbons (Fsp3) is 0.500. The lowest BCUT2D eigenvalue weighted by Gasteiger charge is -2.36. The Hall–Kier alpha value is -2.06. The van der Waals surface area contributed by atoms with E-state index >= 15 is 0 Å². The molecule has 3 rings (SSSR count). The number of hydrogen-bond donors (Lipinski definition) is 2. The van der Waals surface area contributed by atoms with Gasteiger partial charge in [0.1, 0.15) is 5.82 Å². The van der Waals surface area contributed by atoms with E-state index in [4.69, 9.17) is 17.0 Å². The minimum absolute atomic E-state index is 0.133. The molecule has 0 spiro atoms. The topological polar surface area (TPSA) is 71.9 Å². The highest BCUT2D eigenvalue weighted by atomic mass is 32.1. The number of aromatic nitrogens is 3. The van der Waals surface area contributed by atoms with Crippen molar-refractivity contribution in [3.63, 3.8) is 0 Å². The van der Waals surface area contributed by atoms with E-state index in [0.717, 1.165) is 0 Å². The van der Waals surface area contributed by atoms with Crippen LogP contribution in [0.15, 0.2) is 24.3 Å². The number of nitrogens with one attached hydrogen (secondary N) is 2. The van der Waals surface area contributed by atoms with E-state index in [0.29, 0.717) is 42.2 Å². The van der Waals surface area contributed by atoms with Crippen LogP contribution in [-0.4, -0.2) is 33.9 Å². The second-order valence-corrected chi connectivity index (χ2v) is 7.18. The quantitative estimate of drug-likeness (QED) is 0.785. The molecule has 1 saturated heterocycles. The Balaban J connectivity index is 1.84. The summed E-state index contributed by atoms with van der Waals surface area (Å²) in [7, 11) is 0. The number of benzene rings is 1. The molecule has 0 radical (unpaired) electrons. The fourth-order valence-corrected chi connectivity index (χ4v) is 3.84. The maximum absolute atomic E-state index is 13.8. The van der Waals surface area contributed by atoms with Crippen LogP contribution < -0.4 is 5.32 Å². The first kappa shape index (κ1) is 18.7. The molecule has 6 nitrogen and oxygen atoms in total. The first-order valence-corrected chi connectivity index (χ1v) is 9.13. The Morgan fingerprint density at radius 2 is 2.19 bits per heavy atom. The van der Waals surface area contributed by atoms with Gasteiger partial charge in [0.25, 0.3) is 0 Å². The predicted octanol–water partition coefficient (Wildman–Crippen LogP) is 3.03. The highest BCUT2D eigenvalue weighted by Crippen LogP contribution is 2.35. The van der Waals surface area contributed by atoms with Gasteiger partial charge in [-0.25, -0.2) is 4.39 Å². The summed E-state index contributed by atoms with van der Waals surface area (Å²) in [5.74, 6) is 0.178. The van der Waals surface area contributed by atoms with Crippen LogP contribution in [-0.2, 0) is 21.5 Å². The molecule has 8 heteroatoms. The zero-order chi connectivity index (χ0) is 18.7. The summed E-state index contributed by atoms with van der Waals surface area (Å²) in [6, 6.07) is 6.40. The number of carbonyl (C=O) groups is 1. The summed E-state index contributed by atoms with van der Waals surface area (Å²) in [5.41, 5.74) is -0.114. The SMILES string of the molecule is CC(C)n1c(CNC(=O)C2(c3cccc(F)c3)CCOCC2)n[nH]c1=S. The van der Waals surface area contributed by atoms with Crippen molar-refractivity contribution in [1.82, 2.24) is 20.1 Å². The Morgan fingerprint density at radius 1 is 1.46 bits per heavy atom. The molecule has 1 aromatic heterocycles. The number of amides is 1. The van der Waals surface area contributed by atoms with Crippen molar-refractivity contribution < 1.29 is 13.9 Å². The molecule has 26 heavy (non-hydrogen) atoms. The molecule has 140 valence electrons. The molecular formula is C18H23FN4O2S. The third-order valence-corrected chi connectivity index (χ3v) is 5.15. The average Bonchev–Trinajstić information content (AvgIpc) is 3.01. The Labute approximate surface area is 156 Å². The largest absolute Gasteiger partial charge is 0.381 e. The molecule has 2 N–H and O–H groups in total. The summed E-state index contributed by atoms with van der Waals surface area (Å²) >= 11 is 5.24. The van der Waals surface area contributed by atoms with Crippen molar-refractivity contribution in [3.05, 3.63) is 46.2 Å². The van der Waals surface area contributed by atoms with Crippen LogP contribution in [0.3, 0.4) is 0 Å². The van der Waals surface area contributed by atoms with Crippen molar-refractivity contribution in [2.75, 3.05) is 13.2 Å². The minimum atomic E-state index is -0.796. The molecule has 2 heterocycles. The molecule has 0 aliphatic carbocycles. The van der Waals surface area contributed by atoms with Gasteiger partial charge < -0.3 is 14.6 Å². The smallest absolute Gasteiger partial charge is 0.231 e. The highest BCUT2D eigenvalue weighted by Gasteiger charge is 2.41. The van der Waals surface area contributed by atoms with Gasteiger partial charge >= 0.3 is 0 Å². The molecule has 0 atom stereocenters. The van der Waals surface area contributed by atoms with Crippen LogP contribution >= 0.6 is 12.2 Å². The molecule has 1 aliphatic heterocycles. The number of halogens is 1. The Kier molecular flexibility index (Phi) is 5.52.